The van der Waals surface area contributed by atoms with Gasteiger partial charge in [0.1, 0.15) is 0 Å². The number of piperidine rings is 1. The average molecular weight is 293 g/mol. The molecule has 0 aromatic rings. The quantitative estimate of drug-likeness (QED) is 0.829. The van der Waals surface area contributed by atoms with Crippen LogP contribution in [0.15, 0.2) is 0 Å². The molecule has 1 N–H and O–H groups in total. The van der Waals surface area contributed by atoms with Crippen LogP contribution < -0.4 is 5.32 Å². The van der Waals surface area contributed by atoms with Gasteiger partial charge in [0.05, 0.1) is 0 Å². The molecule has 1 saturated heterocycles. The van der Waals surface area contributed by atoms with Crippen LogP contribution in [0.3, 0.4) is 0 Å². The maximum Gasteiger partial charge on any atom is 0.0110 e. The highest BCUT2D eigenvalue weighted by Crippen LogP contribution is 2.45. The molecule has 21 heavy (non-hydrogen) atoms. The van der Waals surface area contributed by atoms with Crippen molar-refractivity contribution in [2.24, 2.45) is 5.41 Å². The summed E-state index contributed by atoms with van der Waals surface area (Å²) in [4.78, 5) is 2.86. The summed E-state index contributed by atoms with van der Waals surface area (Å²) in [5.74, 6) is 0. The summed E-state index contributed by atoms with van der Waals surface area (Å²) in [5, 5.41) is 3.77. The normalized spacial score (nSPS) is 34.1. The van der Waals surface area contributed by atoms with Gasteiger partial charge < -0.3 is 10.2 Å². The fourth-order valence-corrected chi connectivity index (χ4v) is 5.19. The van der Waals surface area contributed by atoms with Crippen LogP contribution in [0.2, 0.25) is 0 Å². The van der Waals surface area contributed by atoms with Gasteiger partial charge in [-0.1, -0.05) is 32.6 Å². The van der Waals surface area contributed by atoms with E-state index in [0.29, 0.717) is 0 Å². The first-order valence-corrected chi connectivity index (χ1v) is 9.79. The topological polar surface area (TPSA) is 15.3 Å². The van der Waals surface area contributed by atoms with Gasteiger partial charge >= 0.3 is 0 Å². The van der Waals surface area contributed by atoms with E-state index in [1.807, 2.05) is 0 Å². The predicted molar refractivity (Wildman–Crippen MR) is 90.7 cm³/mol. The Labute approximate surface area is 132 Å². The number of hydrogen-bond acceptors (Lipinski definition) is 2. The lowest BCUT2D eigenvalue weighted by Crippen LogP contribution is -2.49. The van der Waals surface area contributed by atoms with Crippen LogP contribution >= 0.6 is 0 Å². The molecule has 2 heteroatoms. The third kappa shape index (κ3) is 4.01. The summed E-state index contributed by atoms with van der Waals surface area (Å²) in [5.41, 5.74) is 0.767. The van der Waals surface area contributed by atoms with Crippen LogP contribution in [0.5, 0.6) is 0 Å². The molecule has 3 fully saturated rings. The van der Waals surface area contributed by atoms with Gasteiger partial charge in [-0.25, -0.2) is 0 Å². The lowest BCUT2D eigenvalue weighted by atomic mass is 9.68. The summed E-state index contributed by atoms with van der Waals surface area (Å²) in [6, 6.07) is 1.68. The highest BCUT2D eigenvalue weighted by Gasteiger charge is 2.37. The molecule has 1 aliphatic heterocycles. The molecule has 3 rings (SSSR count). The van der Waals surface area contributed by atoms with E-state index in [1.54, 1.807) is 0 Å². The number of nitrogens with one attached hydrogen (secondary N) is 1. The number of hydrogen-bond donors (Lipinski definition) is 1. The van der Waals surface area contributed by atoms with Crippen LogP contribution in [0, 0.1) is 5.41 Å². The first-order valence-electron chi connectivity index (χ1n) is 9.79. The average Bonchev–Trinajstić information content (AvgIpc) is 2.55. The van der Waals surface area contributed by atoms with E-state index in [4.69, 9.17) is 0 Å². The fourth-order valence-electron chi connectivity index (χ4n) is 5.19. The van der Waals surface area contributed by atoms with Crippen LogP contribution in [0.4, 0.5) is 0 Å². The van der Waals surface area contributed by atoms with E-state index in [-0.39, 0.29) is 0 Å². The molecule has 0 aromatic carbocycles. The molecule has 2 atom stereocenters. The van der Waals surface area contributed by atoms with Crippen LogP contribution in [-0.2, 0) is 0 Å². The zero-order chi connectivity index (χ0) is 14.5. The van der Waals surface area contributed by atoms with Gasteiger partial charge in [-0.05, 0) is 76.4 Å². The number of likely N-dealkylation sites (tertiary alicyclic amines) is 1. The van der Waals surface area contributed by atoms with Crippen molar-refractivity contribution in [1.29, 1.82) is 0 Å². The summed E-state index contributed by atoms with van der Waals surface area (Å²) >= 11 is 0. The van der Waals surface area contributed by atoms with Crippen LogP contribution in [0.1, 0.15) is 84.0 Å². The standard InChI is InChI=1S/C19H36N2/c1-2-13-20-17-7-6-8-18(16-17)21-14-11-19(12-15-21)9-4-3-5-10-19/h17-18,20H,2-16H2,1H3. The van der Waals surface area contributed by atoms with Gasteiger partial charge in [-0.2, -0.15) is 0 Å². The molecule has 0 bridgehead atoms. The lowest BCUT2D eigenvalue weighted by molar-refractivity contribution is 0.0313. The first-order chi connectivity index (χ1) is 10.3. The molecule has 2 unspecified atom stereocenters. The van der Waals surface area contributed by atoms with E-state index < -0.39 is 0 Å². The zero-order valence-corrected chi connectivity index (χ0v) is 14.2. The summed E-state index contributed by atoms with van der Waals surface area (Å²) < 4.78 is 0. The maximum atomic E-state index is 3.77. The Morgan fingerprint density at radius 1 is 0.952 bits per heavy atom. The highest BCUT2D eigenvalue weighted by atomic mass is 15.2. The monoisotopic (exact) mass is 292 g/mol. The molecule has 1 heterocycles. The van der Waals surface area contributed by atoms with Crippen molar-refractivity contribution in [2.45, 2.75) is 96.1 Å². The van der Waals surface area contributed by atoms with Gasteiger partial charge in [-0.3, -0.25) is 0 Å². The minimum atomic E-state index is 0.767. The predicted octanol–water partition coefficient (Wildman–Crippen LogP) is 4.34. The minimum absolute atomic E-state index is 0.767. The Bertz CT molecular complexity index is 299. The Hall–Kier alpha value is -0.0800. The van der Waals surface area contributed by atoms with E-state index >= 15 is 0 Å². The largest absolute Gasteiger partial charge is 0.314 e. The Kier molecular flexibility index (Phi) is 5.61. The summed E-state index contributed by atoms with van der Waals surface area (Å²) in [6.07, 6.45) is 17.6. The molecule has 1 spiro atoms. The third-order valence-electron chi connectivity index (χ3n) is 6.62. The number of rotatable bonds is 4. The summed E-state index contributed by atoms with van der Waals surface area (Å²) in [7, 11) is 0. The van der Waals surface area contributed by atoms with Gasteiger partial charge in [0.25, 0.3) is 0 Å². The Morgan fingerprint density at radius 3 is 2.43 bits per heavy atom. The van der Waals surface area contributed by atoms with Crippen molar-refractivity contribution < 1.29 is 0 Å². The fraction of sp³-hybridized carbons (Fsp3) is 1.00. The molecule has 3 aliphatic rings. The van der Waals surface area contributed by atoms with E-state index in [0.717, 1.165) is 17.5 Å². The molecule has 0 amide bonds. The van der Waals surface area contributed by atoms with Gasteiger partial charge in [0.2, 0.25) is 0 Å². The van der Waals surface area contributed by atoms with Gasteiger partial charge in [0.15, 0.2) is 0 Å². The Morgan fingerprint density at radius 2 is 1.71 bits per heavy atom. The van der Waals surface area contributed by atoms with Crippen molar-refractivity contribution in [1.82, 2.24) is 10.2 Å². The van der Waals surface area contributed by atoms with E-state index in [1.165, 1.54) is 96.7 Å². The first kappa shape index (κ1) is 15.8. The van der Waals surface area contributed by atoms with E-state index in [9.17, 15) is 0 Å². The SMILES string of the molecule is CCCNC1CCCC(N2CCC3(CCCCC3)CC2)C1. The molecule has 2 saturated carbocycles. The summed E-state index contributed by atoms with van der Waals surface area (Å²) in [6.45, 7) is 6.28. The van der Waals surface area contributed by atoms with Crippen LogP contribution in [-0.4, -0.2) is 36.6 Å². The second kappa shape index (κ2) is 7.46. The highest BCUT2D eigenvalue weighted by molar-refractivity contribution is 4.92. The molecular formula is C19H36N2. The van der Waals surface area contributed by atoms with Gasteiger partial charge in [-0.15, -0.1) is 0 Å². The van der Waals surface area contributed by atoms with Crippen molar-refractivity contribution in [3.8, 4) is 0 Å². The van der Waals surface area contributed by atoms with Crippen LogP contribution in [0.25, 0.3) is 0 Å². The molecule has 122 valence electrons. The zero-order valence-electron chi connectivity index (χ0n) is 14.2. The molecule has 2 nitrogen and oxygen atoms in total. The Balaban J connectivity index is 1.47. The molecule has 0 radical (unpaired) electrons. The van der Waals surface area contributed by atoms with E-state index in [2.05, 4.69) is 17.1 Å². The number of nitrogens with zero attached hydrogens (tertiary/aromatic N) is 1. The van der Waals surface area contributed by atoms with Crippen molar-refractivity contribution >= 4 is 0 Å². The maximum absolute atomic E-state index is 3.77. The van der Waals surface area contributed by atoms with Crippen molar-refractivity contribution in [2.75, 3.05) is 19.6 Å². The smallest absolute Gasteiger partial charge is 0.0110 e. The minimum Gasteiger partial charge on any atom is -0.314 e. The van der Waals surface area contributed by atoms with Gasteiger partial charge in [0, 0.05) is 12.1 Å². The lowest BCUT2D eigenvalue weighted by Gasteiger charge is -2.48. The molecule has 0 aromatic heterocycles. The second-order valence-corrected chi connectivity index (χ2v) is 8.07. The molecular weight excluding hydrogens is 256 g/mol. The third-order valence-corrected chi connectivity index (χ3v) is 6.62. The van der Waals surface area contributed by atoms with Crippen molar-refractivity contribution in [3.63, 3.8) is 0 Å². The second-order valence-electron chi connectivity index (χ2n) is 8.07. The molecule has 2 aliphatic carbocycles. The van der Waals surface area contributed by atoms with Crippen molar-refractivity contribution in [3.05, 3.63) is 0 Å².